The van der Waals surface area contributed by atoms with Crippen molar-refractivity contribution < 1.29 is 18.7 Å². The molecule has 0 saturated heterocycles. The van der Waals surface area contributed by atoms with Crippen molar-refractivity contribution in [1.29, 1.82) is 0 Å². The number of hydrogen-bond donors (Lipinski definition) is 1. The number of rotatable bonds is 6. The number of aromatic nitrogens is 2. The summed E-state index contributed by atoms with van der Waals surface area (Å²) < 4.78 is 18.5. The van der Waals surface area contributed by atoms with E-state index in [1.807, 2.05) is 5.38 Å². The fourth-order valence-electron chi connectivity index (χ4n) is 3.00. The Morgan fingerprint density at radius 3 is 2.68 bits per heavy atom. The van der Waals surface area contributed by atoms with Crippen molar-refractivity contribution >= 4 is 45.1 Å². The molecule has 4 rings (SSSR count). The maximum Gasteiger partial charge on any atom is 0.261 e. The predicted molar refractivity (Wildman–Crippen MR) is 119 cm³/mol. The van der Waals surface area contributed by atoms with Crippen molar-refractivity contribution in [3.8, 4) is 16.9 Å². The van der Waals surface area contributed by atoms with E-state index in [1.165, 1.54) is 48.7 Å². The molecule has 2 amide bonds. The van der Waals surface area contributed by atoms with Crippen LogP contribution in [0.25, 0.3) is 21.3 Å². The van der Waals surface area contributed by atoms with Crippen LogP contribution in [0.4, 0.5) is 4.39 Å². The minimum absolute atomic E-state index is 0.00823. The molecule has 0 atom stereocenters. The Morgan fingerprint density at radius 2 is 1.90 bits per heavy atom. The van der Waals surface area contributed by atoms with Gasteiger partial charge in [-0.25, -0.2) is 14.4 Å². The molecule has 0 aliphatic rings. The van der Waals surface area contributed by atoms with Gasteiger partial charge in [-0.05, 0) is 29.8 Å². The minimum atomic E-state index is -0.529. The molecule has 2 aromatic carbocycles. The van der Waals surface area contributed by atoms with Gasteiger partial charge in [0.15, 0.2) is 0 Å². The number of nitrogens with one attached hydrogen (secondary N) is 1. The topological polar surface area (TPSA) is 81.2 Å². The van der Waals surface area contributed by atoms with Crippen molar-refractivity contribution in [2.75, 3.05) is 12.9 Å². The number of amides is 2. The van der Waals surface area contributed by atoms with Crippen LogP contribution in [0.15, 0.2) is 65.3 Å². The van der Waals surface area contributed by atoms with Crippen molar-refractivity contribution in [3.63, 3.8) is 0 Å². The summed E-state index contributed by atoms with van der Waals surface area (Å²) in [4.78, 5) is 34.2. The molecule has 31 heavy (non-hydrogen) atoms. The summed E-state index contributed by atoms with van der Waals surface area (Å²) >= 11 is 2.65. The van der Waals surface area contributed by atoms with Gasteiger partial charge < -0.3 is 4.74 Å². The van der Waals surface area contributed by atoms with Crippen LogP contribution in [-0.4, -0.2) is 34.6 Å². The number of ether oxygens (including phenoxy) is 1. The number of imide groups is 1. The van der Waals surface area contributed by atoms with E-state index in [0.29, 0.717) is 10.8 Å². The number of carbonyl (C=O) groups excluding carboxylic acids is 2. The van der Waals surface area contributed by atoms with Gasteiger partial charge in [0, 0.05) is 10.9 Å². The molecule has 0 saturated carbocycles. The van der Waals surface area contributed by atoms with Gasteiger partial charge in [0.05, 0.1) is 23.8 Å². The first-order valence-electron chi connectivity index (χ1n) is 9.15. The lowest BCUT2D eigenvalue weighted by Crippen LogP contribution is -2.32. The lowest BCUT2D eigenvalue weighted by Gasteiger charge is -2.08. The number of para-hydroxylation sites is 1. The van der Waals surface area contributed by atoms with Crippen LogP contribution in [0.1, 0.15) is 10.4 Å². The number of halogens is 1. The summed E-state index contributed by atoms with van der Waals surface area (Å²) in [6.07, 6.45) is 1.44. The third-order valence-electron chi connectivity index (χ3n) is 4.44. The van der Waals surface area contributed by atoms with Crippen molar-refractivity contribution in [2.45, 2.75) is 5.03 Å². The average Bonchev–Trinajstić information content (AvgIpc) is 3.23. The monoisotopic (exact) mass is 453 g/mol. The Bertz CT molecular complexity index is 1260. The standard InChI is InChI=1S/C22H16FN3O3S2/c1-29-17-5-3-2-4-15(17)20(28)26-18(27)11-31-22-19-16(10-30-21(19)24-12-25-22)13-6-8-14(23)9-7-13/h2-10,12H,11H2,1H3,(H,26,27,28). The van der Waals surface area contributed by atoms with E-state index < -0.39 is 11.8 Å². The van der Waals surface area contributed by atoms with Crippen LogP contribution in [0.5, 0.6) is 5.75 Å². The maximum absolute atomic E-state index is 13.3. The summed E-state index contributed by atoms with van der Waals surface area (Å²) in [6, 6.07) is 12.9. The first-order valence-corrected chi connectivity index (χ1v) is 11.0. The number of carbonyl (C=O) groups is 2. The van der Waals surface area contributed by atoms with Gasteiger partial charge in [0.2, 0.25) is 5.91 Å². The zero-order chi connectivity index (χ0) is 21.8. The highest BCUT2D eigenvalue weighted by Gasteiger charge is 2.17. The molecule has 0 fully saturated rings. The van der Waals surface area contributed by atoms with Crippen molar-refractivity contribution in [1.82, 2.24) is 15.3 Å². The second-order valence-electron chi connectivity index (χ2n) is 6.38. The normalized spacial score (nSPS) is 10.8. The molecule has 4 aromatic rings. The van der Waals surface area contributed by atoms with Crippen molar-refractivity contribution in [2.24, 2.45) is 0 Å². The summed E-state index contributed by atoms with van der Waals surface area (Å²) in [5, 5.41) is 5.72. The number of thiophene rings is 1. The fourth-order valence-corrected chi connectivity index (χ4v) is 4.79. The molecule has 0 aliphatic carbocycles. The van der Waals surface area contributed by atoms with Crippen LogP contribution in [-0.2, 0) is 4.79 Å². The van der Waals surface area contributed by atoms with Gasteiger partial charge in [-0.1, -0.05) is 36.0 Å². The number of hydrogen-bond acceptors (Lipinski definition) is 7. The molecule has 6 nitrogen and oxygen atoms in total. The van der Waals surface area contributed by atoms with E-state index in [-0.39, 0.29) is 17.1 Å². The Kier molecular flexibility index (Phi) is 6.24. The number of fused-ring (bicyclic) bond motifs is 1. The van der Waals surface area contributed by atoms with Crippen LogP contribution in [0.3, 0.4) is 0 Å². The molecular weight excluding hydrogens is 437 g/mol. The highest BCUT2D eigenvalue weighted by Crippen LogP contribution is 2.37. The van der Waals surface area contributed by atoms with E-state index >= 15 is 0 Å². The van der Waals surface area contributed by atoms with E-state index in [4.69, 9.17) is 4.74 Å². The molecule has 156 valence electrons. The molecule has 0 unspecified atom stereocenters. The second kappa shape index (κ2) is 9.23. The van der Waals surface area contributed by atoms with Gasteiger partial charge in [0.25, 0.3) is 5.91 Å². The smallest absolute Gasteiger partial charge is 0.261 e. The third-order valence-corrected chi connectivity index (χ3v) is 6.31. The van der Waals surface area contributed by atoms with Crippen LogP contribution in [0, 0.1) is 5.82 Å². The van der Waals surface area contributed by atoms with Crippen LogP contribution < -0.4 is 10.1 Å². The van der Waals surface area contributed by atoms with Gasteiger partial charge in [-0.2, -0.15) is 0 Å². The van der Waals surface area contributed by atoms with E-state index in [1.54, 1.807) is 36.4 Å². The van der Waals surface area contributed by atoms with Gasteiger partial charge in [-0.3, -0.25) is 14.9 Å². The fraction of sp³-hybridized carbons (Fsp3) is 0.0909. The predicted octanol–water partition coefficient (Wildman–Crippen LogP) is 4.55. The number of nitrogens with zero attached hydrogens (tertiary/aromatic N) is 2. The van der Waals surface area contributed by atoms with E-state index in [2.05, 4.69) is 15.3 Å². The van der Waals surface area contributed by atoms with E-state index in [0.717, 1.165) is 21.3 Å². The van der Waals surface area contributed by atoms with Crippen molar-refractivity contribution in [3.05, 3.63) is 71.6 Å². The lowest BCUT2D eigenvalue weighted by atomic mass is 10.1. The Balaban J connectivity index is 1.51. The quantitative estimate of drug-likeness (QED) is 0.341. The molecular formula is C22H16FN3O3S2. The van der Waals surface area contributed by atoms with Gasteiger partial charge >= 0.3 is 0 Å². The van der Waals surface area contributed by atoms with Crippen LogP contribution >= 0.6 is 23.1 Å². The summed E-state index contributed by atoms with van der Waals surface area (Å²) in [5.41, 5.74) is 1.98. The third kappa shape index (κ3) is 4.57. The van der Waals surface area contributed by atoms with Gasteiger partial charge in [0.1, 0.15) is 27.8 Å². The van der Waals surface area contributed by atoms with Gasteiger partial charge in [-0.15, -0.1) is 11.3 Å². The molecule has 0 bridgehead atoms. The zero-order valence-electron chi connectivity index (χ0n) is 16.3. The van der Waals surface area contributed by atoms with Crippen LogP contribution in [0.2, 0.25) is 0 Å². The second-order valence-corrected chi connectivity index (χ2v) is 8.20. The summed E-state index contributed by atoms with van der Waals surface area (Å²) in [7, 11) is 1.46. The Hall–Kier alpha value is -3.30. The molecule has 1 N–H and O–H groups in total. The lowest BCUT2D eigenvalue weighted by molar-refractivity contribution is -0.117. The average molecular weight is 454 g/mol. The Labute approximate surface area is 185 Å². The molecule has 0 aliphatic heterocycles. The summed E-state index contributed by atoms with van der Waals surface area (Å²) in [5.74, 6) is -0.915. The number of methoxy groups -OCH3 is 1. The Morgan fingerprint density at radius 1 is 1.13 bits per heavy atom. The molecule has 0 spiro atoms. The largest absolute Gasteiger partial charge is 0.496 e. The molecule has 2 aromatic heterocycles. The summed E-state index contributed by atoms with van der Waals surface area (Å²) in [6.45, 7) is 0. The first kappa shape index (κ1) is 21.0. The van der Waals surface area contributed by atoms with E-state index in [9.17, 15) is 14.0 Å². The first-order chi connectivity index (χ1) is 15.1. The SMILES string of the molecule is COc1ccccc1C(=O)NC(=O)CSc1ncnc2scc(-c3ccc(F)cc3)c12. The maximum atomic E-state index is 13.3. The highest BCUT2D eigenvalue weighted by molar-refractivity contribution is 8.00. The number of thioether (sulfide) groups is 1. The molecule has 2 heterocycles. The highest BCUT2D eigenvalue weighted by atomic mass is 32.2. The zero-order valence-corrected chi connectivity index (χ0v) is 17.9. The minimum Gasteiger partial charge on any atom is -0.496 e. The number of benzene rings is 2. The molecule has 9 heteroatoms. The molecule has 0 radical (unpaired) electrons.